The van der Waals surface area contributed by atoms with Gasteiger partial charge in [0.25, 0.3) is 10.0 Å². The molecule has 0 fully saturated rings. The van der Waals surface area contributed by atoms with Gasteiger partial charge in [-0.15, -0.1) is 0 Å². The van der Waals surface area contributed by atoms with Crippen LogP contribution in [0.25, 0.3) is 0 Å². The highest BCUT2D eigenvalue weighted by molar-refractivity contribution is 7.89. The first-order valence-corrected chi connectivity index (χ1v) is 8.48. The number of nitrogens with one attached hydrogen (secondary N) is 2. The van der Waals surface area contributed by atoms with Crippen molar-refractivity contribution in [3.05, 3.63) is 47.2 Å². The third kappa shape index (κ3) is 4.18. The van der Waals surface area contributed by atoms with E-state index in [4.69, 9.17) is 5.11 Å². The number of esters is 1. The first kappa shape index (κ1) is 19.0. The molecule has 0 aliphatic carbocycles. The summed E-state index contributed by atoms with van der Waals surface area (Å²) in [4.78, 5) is 11.6. The largest absolute Gasteiger partial charge is 0.465 e. The minimum Gasteiger partial charge on any atom is -0.465 e. The van der Waals surface area contributed by atoms with Crippen molar-refractivity contribution in [3.8, 4) is 0 Å². The second-order valence-electron chi connectivity index (χ2n) is 4.96. The number of aliphatic hydroxyl groups excluding tert-OH is 1. The van der Waals surface area contributed by atoms with Crippen molar-refractivity contribution in [2.75, 3.05) is 13.7 Å². The monoisotopic (exact) mass is 375 g/mol. The molecule has 0 bridgehead atoms. The summed E-state index contributed by atoms with van der Waals surface area (Å²) in [6.45, 7) is -0.461. The number of hydrogen-bond acceptors (Lipinski definition) is 6. The number of benzene rings is 1. The van der Waals surface area contributed by atoms with Gasteiger partial charge in [0.15, 0.2) is 5.03 Å². The molecule has 0 radical (unpaired) electrons. The van der Waals surface area contributed by atoms with E-state index in [0.29, 0.717) is 6.07 Å². The molecule has 25 heavy (non-hydrogen) atoms. The topological polar surface area (TPSA) is 121 Å². The van der Waals surface area contributed by atoms with Crippen LogP contribution in [0, 0.1) is 11.6 Å². The second kappa shape index (κ2) is 7.68. The third-order valence-corrected chi connectivity index (χ3v) is 4.77. The van der Waals surface area contributed by atoms with E-state index in [1.165, 1.54) is 0 Å². The molecule has 1 aromatic heterocycles. The molecule has 136 valence electrons. The van der Waals surface area contributed by atoms with Crippen LogP contribution in [0.1, 0.15) is 28.4 Å². The van der Waals surface area contributed by atoms with E-state index in [-0.39, 0.29) is 17.5 Å². The smallest absolute Gasteiger partial charge is 0.342 e. The molecule has 1 aromatic carbocycles. The lowest BCUT2D eigenvalue weighted by Gasteiger charge is -2.18. The van der Waals surface area contributed by atoms with Crippen molar-refractivity contribution >= 4 is 16.0 Å². The van der Waals surface area contributed by atoms with Gasteiger partial charge in [0, 0.05) is 18.2 Å². The van der Waals surface area contributed by atoms with Crippen molar-refractivity contribution < 1.29 is 31.8 Å². The molecule has 0 saturated carbocycles. The van der Waals surface area contributed by atoms with E-state index in [0.717, 1.165) is 25.4 Å². The lowest BCUT2D eigenvalue weighted by Crippen LogP contribution is -2.31. The Hall–Kier alpha value is -2.37. The fourth-order valence-corrected chi connectivity index (χ4v) is 3.51. The number of aliphatic hydroxyl groups is 1. The molecule has 3 N–H and O–H groups in total. The van der Waals surface area contributed by atoms with Crippen LogP contribution in [0.2, 0.25) is 0 Å². The van der Waals surface area contributed by atoms with Gasteiger partial charge >= 0.3 is 5.97 Å². The Balaban J connectivity index is 2.39. The highest BCUT2D eigenvalue weighted by atomic mass is 32.2. The Morgan fingerprint density at radius 3 is 2.76 bits per heavy atom. The molecule has 0 amide bonds. The van der Waals surface area contributed by atoms with Gasteiger partial charge in [0.05, 0.1) is 19.3 Å². The summed E-state index contributed by atoms with van der Waals surface area (Å²) >= 11 is 0. The molecule has 8 nitrogen and oxygen atoms in total. The number of methoxy groups -OCH3 is 1. The number of carbonyl (C=O) groups is 1. The van der Waals surface area contributed by atoms with Gasteiger partial charge in [0.2, 0.25) is 0 Å². The molecule has 0 aliphatic rings. The van der Waals surface area contributed by atoms with Gasteiger partial charge in [-0.2, -0.15) is 5.10 Å². The number of hydrogen-bond donors (Lipinski definition) is 3. The number of aromatic amines is 1. The van der Waals surface area contributed by atoms with Crippen LogP contribution in [0.4, 0.5) is 8.78 Å². The number of halogens is 2. The summed E-state index contributed by atoms with van der Waals surface area (Å²) in [5, 5.41) is 14.2. The first-order valence-electron chi connectivity index (χ1n) is 7.00. The van der Waals surface area contributed by atoms with E-state index >= 15 is 0 Å². The molecule has 0 saturated heterocycles. The maximum absolute atomic E-state index is 14.0. The summed E-state index contributed by atoms with van der Waals surface area (Å²) in [6.07, 6.45) is 0.795. The predicted molar refractivity (Wildman–Crippen MR) is 81.1 cm³/mol. The molecular formula is C14H15F2N3O5S. The lowest BCUT2D eigenvalue weighted by molar-refractivity contribution is 0.0596. The molecule has 2 rings (SSSR count). The van der Waals surface area contributed by atoms with E-state index < -0.39 is 45.3 Å². The van der Waals surface area contributed by atoms with E-state index in [9.17, 15) is 22.0 Å². The zero-order valence-corrected chi connectivity index (χ0v) is 13.8. The molecule has 1 unspecified atom stereocenters. The van der Waals surface area contributed by atoms with E-state index in [1.807, 2.05) is 0 Å². The number of nitrogens with zero attached hydrogens (tertiary/aromatic N) is 1. The average molecular weight is 375 g/mol. The Bertz CT molecular complexity index is 869. The summed E-state index contributed by atoms with van der Waals surface area (Å²) in [5.74, 6) is -2.73. The number of ether oxygens (including phenoxy) is 1. The van der Waals surface area contributed by atoms with E-state index in [2.05, 4.69) is 19.7 Å². The summed E-state index contributed by atoms with van der Waals surface area (Å²) < 4.78 is 58.6. The number of rotatable bonds is 7. The van der Waals surface area contributed by atoms with Crippen molar-refractivity contribution in [1.82, 2.24) is 14.9 Å². The standard InChI is InChI=1S/C14H15F2N3O5S/c1-24-14(21)10-7-17-18-13(10)25(22,23)19-12(4-5-20)9-3-2-8(15)6-11(9)16/h2-3,6-7,12,19-20H,4-5H2,1H3,(H,17,18). The van der Waals surface area contributed by atoms with Gasteiger partial charge < -0.3 is 9.84 Å². The zero-order valence-electron chi connectivity index (χ0n) is 13.0. The normalized spacial score (nSPS) is 12.8. The molecular weight excluding hydrogens is 360 g/mol. The predicted octanol–water partition coefficient (Wildman–Crippen LogP) is 0.876. The minimum absolute atomic E-state index is 0.154. The SMILES string of the molecule is COC(=O)c1cn[nH]c1S(=O)(=O)NC(CCO)c1ccc(F)cc1F. The van der Waals surface area contributed by atoms with Crippen LogP contribution in [0.15, 0.2) is 29.4 Å². The van der Waals surface area contributed by atoms with Gasteiger partial charge in [-0.05, 0) is 12.5 Å². The summed E-state index contributed by atoms with van der Waals surface area (Å²) in [5.41, 5.74) is -0.490. The average Bonchev–Trinajstić information content (AvgIpc) is 3.04. The van der Waals surface area contributed by atoms with Crippen LogP contribution >= 0.6 is 0 Å². The molecule has 0 aliphatic heterocycles. The zero-order chi connectivity index (χ0) is 18.6. The molecule has 2 aromatic rings. The van der Waals surface area contributed by atoms with Crippen LogP contribution in [0.3, 0.4) is 0 Å². The number of carbonyl (C=O) groups excluding carboxylic acids is 1. The van der Waals surface area contributed by atoms with Crippen LogP contribution in [-0.4, -0.2) is 43.4 Å². The number of aromatic nitrogens is 2. The minimum atomic E-state index is -4.34. The van der Waals surface area contributed by atoms with Gasteiger partial charge in [0.1, 0.15) is 17.2 Å². The maximum atomic E-state index is 14.0. The number of H-pyrrole nitrogens is 1. The number of sulfonamides is 1. The van der Waals surface area contributed by atoms with Gasteiger partial charge in [-0.25, -0.2) is 26.7 Å². The first-order chi connectivity index (χ1) is 11.8. The quantitative estimate of drug-likeness (QED) is 0.618. The summed E-state index contributed by atoms with van der Waals surface area (Å²) in [7, 11) is -3.27. The summed E-state index contributed by atoms with van der Waals surface area (Å²) in [6, 6.07) is 1.45. The van der Waals surface area contributed by atoms with E-state index in [1.54, 1.807) is 0 Å². The fourth-order valence-electron chi connectivity index (χ4n) is 2.17. The maximum Gasteiger partial charge on any atom is 0.342 e. The molecule has 1 atom stereocenters. The molecule has 0 spiro atoms. The molecule has 1 heterocycles. The third-order valence-electron chi connectivity index (χ3n) is 3.33. The highest BCUT2D eigenvalue weighted by Gasteiger charge is 2.29. The van der Waals surface area contributed by atoms with Crippen molar-refractivity contribution in [3.63, 3.8) is 0 Å². The van der Waals surface area contributed by atoms with Crippen molar-refractivity contribution in [1.29, 1.82) is 0 Å². The van der Waals surface area contributed by atoms with Crippen molar-refractivity contribution in [2.45, 2.75) is 17.5 Å². The van der Waals surface area contributed by atoms with Crippen LogP contribution in [-0.2, 0) is 14.8 Å². The second-order valence-corrected chi connectivity index (χ2v) is 6.61. The lowest BCUT2D eigenvalue weighted by atomic mass is 10.0. The Morgan fingerprint density at radius 2 is 2.16 bits per heavy atom. The Kier molecular flexibility index (Phi) is 5.82. The van der Waals surface area contributed by atoms with Crippen LogP contribution < -0.4 is 4.72 Å². The molecule has 11 heteroatoms. The van der Waals surface area contributed by atoms with Crippen LogP contribution in [0.5, 0.6) is 0 Å². The van der Waals surface area contributed by atoms with Gasteiger partial charge in [-0.3, -0.25) is 5.10 Å². The Labute approximate surface area is 141 Å². The van der Waals surface area contributed by atoms with Crippen molar-refractivity contribution in [2.24, 2.45) is 0 Å². The fraction of sp³-hybridized carbons (Fsp3) is 0.286. The highest BCUT2D eigenvalue weighted by Crippen LogP contribution is 2.24. The Morgan fingerprint density at radius 1 is 1.44 bits per heavy atom. The van der Waals surface area contributed by atoms with Gasteiger partial charge in [-0.1, -0.05) is 6.07 Å².